The molecule has 1 fully saturated rings. The number of aromatic hydroxyl groups is 2. The van der Waals surface area contributed by atoms with Gasteiger partial charge < -0.3 is 10.2 Å². The van der Waals surface area contributed by atoms with Gasteiger partial charge in [-0.2, -0.15) is 0 Å². The maximum absolute atomic E-state index is 10.4. The molecule has 29 heavy (non-hydrogen) atoms. The first-order valence-corrected chi connectivity index (χ1v) is 10.3. The molecule has 1 aromatic heterocycles. The molecule has 2 aromatic carbocycles. The summed E-state index contributed by atoms with van der Waals surface area (Å²) in [5, 5.41) is 28.8. The number of hydrogen-bond donors (Lipinski definition) is 2. The number of hydrogen-bond acceptors (Lipinski definition) is 5. The van der Waals surface area contributed by atoms with Crippen LogP contribution in [0.15, 0.2) is 42.6 Å². The van der Waals surface area contributed by atoms with Crippen molar-refractivity contribution < 1.29 is 10.2 Å². The van der Waals surface area contributed by atoms with Gasteiger partial charge in [0.25, 0.3) is 0 Å². The standard InChI is InChI=1S/C23H28N4O2/c1-16(2)19-12-20(23(29)13-22(19)28)27-21(14-24-25-27)18-8-6-17(7-9-18)15-26-10-4-3-5-11-26/h6-9,12-14,16,28-29H,3-5,10-11,15H2,1-2H3. The van der Waals surface area contributed by atoms with E-state index in [0.29, 0.717) is 5.69 Å². The number of piperidine rings is 1. The van der Waals surface area contributed by atoms with Crippen molar-refractivity contribution in [2.75, 3.05) is 13.1 Å². The van der Waals surface area contributed by atoms with E-state index in [1.165, 1.54) is 44.0 Å². The molecule has 6 nitrogen and oxygen atoms in total. The van der Waals surface area contributed by atoms with Crippen molar-refractivity contribution in [2.24, 2.45) is 0 Å². The largest absolute Gasteiger partial charge is 0.508 e. The third-order valence-electron chi connectivity index (χ3n) is 5.63. The van der Waals surface area contributed by atoms with Crippen LogP contribution in [0.4, 0.5) is 0 Å². The fourth-order valence-electron chi connectivity index (χ4n) is 3.98. The number of rotatable bonds is 5. The van der Waals surface area contributed by atoms with Crippen LogP contribution in [0.5, 0.6) is 11.5 Å². The van der Waals surface area contributed by atoms with E-state index in [1.54, 1.807) is 16.9 Å². The Balaban J connectivity index is 1.62. The smallest absolute Gasteiger partial charge is 0.145 e. The minimum absolute atomic E-state index is 0.0274. The monoisotopic (exact) mass is 392 g/mol. The van der Waals surface area contributed by atoms with E-state index in [9.17, 15) is 10.2 Å². The van der Waals surface area contributed by atoms with Crippen molar-refractivity contribution in [1.82, 2.24) is 19.9 Å². The maximum atomic E-state index is 10.4. The van der Waals surface area contributed by atoms with E-state index in [0.717, 1.165) is 23.4 Å². The van der Waals surface area contributed by atoms with Crippen LogP contribution < -0.4 is 0 Å². The zero-order chi connectivity index (χ0) is 20.4. The molecule has 152 valence electrons. The lowest BCUT2D eigenvalue weighted by Gasteiger charge is -2.26. The van der Waals surface area contributed by atoms with Crippen LogP contribution in [-0.2, 0) is 6.54 Å². The summed E-state index contributed by atoms with van der Waals surface area (Å²) in [6, 6.07) is 11.6. The molecule has 2 heterocycles. The molecule has 0 bridgehead atoms. The lowest BCUT2D eigenvalue weighted by Crippen LogP contribution is -2.29. The van der Waals surface area contributed by atoms with Crippen molar-refractivity contribution in [2.45, 2.75) is 45.6 Å². The van der Waals surface area contributed by atoms with Gasteiger partial charge >= 0.3 is 0 Å². The predicted molar refractivity (Wildman–Crippen MR) is 113 cm³/mol. The van der Waals surface area contributed by atoms with Crippen LogP contribution >= 0.6 is 0 Å². The molecule has 0 spiro atoms. The fourth-order valence-corrected chi connectivity index (χ4v) is 3.98. The summed E-state index contributed by atoms with van der Waals surface area (Å²) in [5.74, 6) is 0.181. The van der Waals surface area contributed by atoms with Crippen molar-refractivity contribution in [3.05, 3.63) is 53.7 Å². The van der Waals surface area contributed by atoms with Crippen LogP contribution in [0, 0.1) is 0 Å². The molecule has 4 rings (SSSR count). The molecule has 1 aliphatic heterocycles. The van der Waals surface area contributed by atoms with Gasteiger partial charge in [0, 0.05) is 18.2 Å². The van der Waals surface area contributed by atoms with Gasteiger partial charge in [0.2, 0.25) is 0 Å². The van der Waals surface area contributed by atoms with Crippen molar-refractivity contribution >= 4 is 0 Å². The average molecular weight is 393 g/mol. The summed E-state index contributed by atoms with van der Waals surface area (Å²) in [5.41, 5.74) is 4.35. The van der Waals surface area contributed by atoms with Gasteiger partial charge in [0.1, 0.15) is 17.2 Å². The molecule has 1 saturated heterocycles. The second kappa shape index (κ2) is 8.25. The van der Waals surface area contributed by atoms with Crippen molar-refractivity contribution in [3.63, 3.8) is 0 Å². The summed E-state index contributed by atoms with van der Waals surface area (Å²) < 4.78 is 1.63. The van der Waals surface area contributed by atoms with E-state index in [1.807, 2.05) is 13.8 Å². The van der Waals surface area contributed by atoms with Crippen molar-refractivity contribution in [3.8, 4) is 28.4 Å². The first-order valence-electron chi connectivity index (χ1n) is 10.3. The number of nitrogens with zero attached hydrogens (tertiary/aromatic N) is 4. The zero-order valence-electron chi connectivity index (χ0n) is 17.0. The molecule has 2 N–H and O–H groups in total. The molecule has 3 aromatic rings. The Labute approximate surface area is 171 Å². The molecular weight excluding hydrogens is 364 g/mol. The molecular formula is C23H28N4O2. The van der Waals surface area contributed by atoms with E-state index < -0.39 is 0 Å². The summed E-state index contributed by atoms with van der Waals surface area (Å²) in [7, 11) is 0. The molecule has 0 aliphatic carbocycles. The maximum Gasteiger partial charge on any atom is 0.145 e. The Morgan fingerprint density at radius 1 is 0.966 bits per heavy atom. The minimum atomic E-state index is -0.0274. The predicted octanol–water partition coefficient (Wildman–Crippen LogP) is 4.45. The third kappa shape index (κ3) is 4.12. The summed E-state index contributed by atoms with van der Waals surface area (Å²) in [6.07, 6.45) is 5.62. The Kier molecular flexibility index (Phi) is 5.53. The number of likely N-dealkylation sites (tertiary alicyclic amines) is 1. The number of aromatic nitrogens is 3. The average Bonchev–Trinajstić information content (AvgIpc) is 3.18. The Bertz CT molecular complexity index is 973. The van der Waals surface area contributed by atoms with Crippen LogP contribution in [0.1, 0.15) is 50.2 Å². The van der Waals surface area contributed by atoms with E-state index in [2.05, 4.69) is 39.5 Å². The van der Waals surface area contributed by atoms with E-state index >= 15 is 0 Å². The minimum Gasteiger partial charge on any atom is -0.508 e. The number of phenolic OH excluding ortho intramolecular Hbond substituents is 2. The van der Waals surface area contributed by atoms with Gasteiger partial charge in [-0.25, -0.2) is 4.68 Å². The van der Waals surface area contributed by atoms with Crippen LogP contribution in [0.25, 0.3) is 16.9 Å². The normalized spacial score (nSPS) is 15.1. The Hall–Kier alpha value is -2.86. The SMILES string of the molecule is CC(C)c1cc(-n2nncc2-c2ccc(CN3CCCCC3)cc2)c(O)cc1O. The highest BCUT2D eigenvalue weighted by Crippen LogP contribution is 2.35. The van der Waals surface area contributed by atoms with Gasteiger partial charge in [-0.15, -0.1) is 5.10 Å². The highest BCUT2D eigenvalue weighted by molar-refractivity contribution is 5.64. The van der Waals surface area contributed by atoms with Gasteiger partial charge in [-0.05, 0) is 49.0 Å². The van der Waals surface area contributed by atoms with Crippen LogP contribution in [0.2, 0.25) is 0 Å². The van der Waals surface area contributed by atoms with Gasteiger partial charge in [0.05, 0.1) is 11.9 Å². The van der Waals surface area contributed by atoms with E-state index in [-0.39, 0.29) is 17.4 Å². The number of benzene rings is 2. The highest BCUT2D eigenvalue weighted by atomic mass is 16.3. The molecule has 6 heteroatoms. The summed E-state index contributed by atoms with van der Waals surface area (Å²) in [4.78, 5) is 2.51. The van der Waals surface area contributed by atoms with Gasteiger partial charge in [0.15, 0.2) is 0 Å². The van der Waals surface area contributed by atoms with E-state index in [4.69, 9.17) is 0 Å². The summed E-state index contributed by atoms with van der Waals surface area (Å²) >= 11 is 0. The summed E-state index contributed by atoms with van der Waals surface area (Å²) in [6.45, 7) is 7.33. The van der Waals surface area contributed by atoms with Gasteiger partial charge in [-0.3, -0.25) is 4.90 Å². The fraction of sp³-hybridized carbons (Fsp3) is 0.391. The molecule has 0 saturated carbocycles. The first-order chi connectivity index (χ1) is 14.0. The highest BCUT2D eigenvalue weighted by Gasteiger charge is 2.17. The van der Waals surface area contributed by atoms with Gasteiger partial charge in [-0.1, -0.05) is 49.7 Å². The quantitative estimate of drug-likeness (QED) is 0.671. The lowest BCUT2D eigenvalue weighted by atomic mass is 10.0. The zero-order valence-corrected chi connectivity index (χ0v) is 17.0. The number of phenols is 2. The first kappa shape index (κ1) is 19.5. The topological polar surface area (TPSA) is 74.4 Å². The van der Waals surface area contributed by atoms with Crippen LogP contribution in [0.3, 0.4) is 0 Å². The Morgan fingerprint density at radius 2 is 1.69 bits per heavy atom. The molecule has 0 radical (unpaired) electrons. The third-order valence-corrected chi connectivity index (χ3v) is 5.63. The lowest BCUT2D eigenvalue weighted by molar-refractivity contribution is 0.221. The molecule has 0 amide bonds. The van der Waals surface area contributed by atoms with Crippen LogP contribution in [-0.4, -0.2) is 43.2 Å². The molecule has 1 aliphatic rings. The second-order valence-corrected chi connectivity index (χ2v) is 8.12. The Morgan fingerprint density at radius 3 is 2.38 bits per heavy atom. The second-order valence-electron chi connectivity index (χ2n) is 8.12. The molecule has 0 unspecified atom stereocenters. The molecule has 0 atom stereocenters. The van der Waals surface area contributed by atoms with Crippen molar-refractivity contribution in [1.29, 1.82) is 0 Å².